The molecule has 1 fully saturated rings. The summed E-state index contributed by atoms with van der Waals surface area (Å²) in [4.78, 5) is 26.9. The van der Waals surface area contributed by atoms with E-state index in [0.29, 0.717) is 17.1 Å². The molecule has 0 aromatic heterocycles. The highest BCUT2D eigenvalue weighted by molar-refractivity contribution is 8.00. The molecule has 158 valence electrons. The number of hydrogen-bond acceptors (Lipinski definition) is 4. The van der Waals surface area contributed by atoms with E-state index in [0.717, 1.165) is 23.4 Å². The second-order valence-corrected chi connectivity index (χ2v) is 8.32. The molecule has 1 N–H and O–H groups in total. The topological polar surface area (TPSA) is 58.6 Å². The van der Waals surface area contributed by atoms with Gasteiger partial charge in [0.15, 0.2) is 0 Å². The minimum absolute atomic E-state index is 0.0659. The molecular weight excluding hydrogens is 408 g/mol. The molecule has 5 nitrogen and oxygen atoms in total. The highest BCUT2D eigenvalue weighted by atomic mass is 32.2. The van der Waals surface area contributed by atoms with Gasteiger partial charge in [-0.15, -0.1) is 11.8 Å². The number of methoxy groups -OCH3 is 1. The molecular formula is C25H24N2O3S. The van der Waals surface area contributed by atoms with Crippen molar-refractivity contribution in [2.24, 2.45) is 0 Å². The van der Waals surface area contributed by atoms with E-state index >= 15 is 0 Å². The molecule has 0 radical (unpaired) electrons. The minimum Gasteiger partial charge on any atom is -0.497 e. The summed E-state index contributed by atoms with van der Waals surface area (Å²) in [5.74, 6) is 1.06. The molecule has 6 heteroatoms. The maximum atomic E-state index is 12.6. The second-order valence-electron chi connectivity index (χ2n) is 7.26. The summed E-state index contributed by atoms with van der Waals surface area (Å²) in [6, 6.07) is 22.8. The van der Waals surface area contributed by atoms with Crippen LogP contribution in [0.1, 0.15) is 33.8 Å². The minimum atomic E-state index is -0.140. The fourth-order valence-corrected chi connectivity index (χ4v) is 4.71. The Morgan fingerprint density at radius 1 is 1.10 bits per heavy atom. The zero-order valence-electron chi connectivity index (χ0n) is 17.5. The fraction of sp³-hybridized carbons (Fsp3) is 0.200. The van der Waals surface area contributed by atoms with E-state index in [1.54, 1.807) is 23.8 Å². The Morgan fingerprint density at radius 2 is 1.84 bits per heavy atom. The van der Waals surface area contributed by atoms with Crippen LogP contribution >= 0.6 is 11.8 Å². The first-order chi connectivity index (χ1) is 15.1. The first kappa shape index (κ1) is 21.0. The Balaban J connectivity index is 1.50. The molecule has 1 heterocycles. The number of nitrogens with zero attached hydrogens (tertiary/aromatic N) is 1. The Morgan fingerprint density at radius 3 is 2.52 bits per heavy atom. The van der Waals surface area contributed by atoms with Crippen molar-refractivity contribution in [1.29, 1.82) is 0 Å². The summed E-state index contributed by atoms with van der Waals surface area (Å²) in [5, 5.41) is 2.82. The maximum absolute atomic E-state index is 12.6. The number of nitrogens with one attached hydrogen (secondary N) is 1. The summed E-state index contributed by atoms with van der Waals surface area (Å²) in [5.41, 5.74) is 4.36. The van der Waals surface area contributed by atoms with Crippen LogP contribution in [0.15, 0.2) is 72.8 Å². The molecule has 1 aliphatic rings. The molecule has 2 amide bonds. The number of anilines is 2. The van der Waals surface area contributed by atoms with Crippen LogP contribution in [0.4, 0.5) is 11.4 Å². The first-order valence-corrected chi connectivity index (χ1v) is 11.2. The van der Waals surface area contributed by atoms with Crippen LogP contribution in [-0.2, 0) is 11.2 Å². The molecule has 1 atom stereocenters. The van der Waals surface area contributed by atoms with Crippen molar-refractivity contribution < 1.29 is 14.3 Å². The lowest BCUT2D eigenvalue weighted by Crippen LogP contribution is -2.27. The van der Waals surface area contributed by atoms with Gasteiger partial charge in [0.25, 0.3) is 5.91 Å². The van der Waals surface area contributed by atoms with Gasteiger partial charge < -0.3 is 10.1 Å². The van der Waals surface area contributed by atoms with Crippen LogP contribution < -0.4 is 15.0 Å². The van der Waals surface area contributed by atoms with Crippen molar-refractivity contribution in [3.63, 3.8) is 0 Å². The summed E-state index contributed by atoms with van der Waals surface area (Å²) >= 11 is 1.59. The fourth-order valence-electron chi connectivity index (χ4n) is 3.54. The number of benzene rings is 3. The van der Waals surface area contributed by atoms with Crippen LogP contribution in [0.2, 0.25) is 0 Å². The van der Waals surface area contributed by atoms with E-state index in [1.807, 2.05) is 72.8 Å². The predicted octanol–water partition coefficient (Wildman–Crippen LogP) is 5.29. The number of thioether (sulfide) groups is 1. The molecule has 3 aromatic carbocycles. The second kappa shape index (κ2) is 9.27. The predicted molar refractivity (Wildman–Crippen MR) is 126 cm³/mol. The summed E-state index contributed by atoms with van der Waals surface area (Å²) in [7, 11) is 1.61. The van der Waals surface area contributed by atoms with Gasteiger partial charge >= 0.3 is 0 Å². The van der Waals surface area contributed by atoms with Crippen molar-refractivity contribution in [3.8, 4) is 5.75 Å². The first-order valence-electron chi connectivity index (χ1n) is 10.2. The van der Waals surface area contributed by atoms with Gasteiger partial charge in [-0.2, -0.15) is 0 Å². The van der Waals surface area contributed by atoms with Crippen LogP contribution in [0.3, 0.4) is 0 Å². The summed E-state index contributed by atoms with van der Waals surface area (Å²) in [6.45, 7) is 2.09. The maximum Gasteiger partial charge on any atom is 0.255 e. The molecule has 0 bridgehead atoms. The molecule has 4 rings (SSSR count). The summed E-state index contributed by atoms with van der Waals surface area (Å²) in [6.07, 6.45) is 0.942. The molecule has 31 heavy (non-hydrogen) atoms. The Labute approximate surface area is 186 Å². The van der Waals surface area contributed by atoms with Crippen molar-refractivity contribution >= 4 is 35.0 Å². The Hall–Kier alpha value is -3.25. The average molecular weight is 433 g/mol. The van der Waals surface area contributed by atoms with Gasteiger partial charge in [0.05, 0.1) is 12.9 Å². The third kappa shape index (κ3) is 4.59. The van der Waals surface area contributed by atoms with Gasteiger partial charge in [-0.25, -0.2) is 0 Å². The lowest BCUT2D eigenvalue weighted by Gasteiger charge is -2.25. The van der Waals surface area contributed by atoms with Gasteiger partial charge in [-0.3, -0.25) is 14.5 Å². The van der Waals surface area contributed by atoms with Gasteiger partial charge in [0.1, 0.15) is 11.1 Å². The lowest BCUT2D eigenvalue weighted by atomic mass is 10.1. The number of amides is 2. The van der Waals surface area contributed by atoms with Gasteiger partial charge in [-0.05, 0) is 53.9 Å². The molecule has 0 aliphatic carbocycles. The van der Waals surface area contributed by atoms with E-state index in [9.17, 15) is 9.59 Å². The molecule has 0 saturated carbocycles. The van der Waals surface area contributed by atoms with E-state index in [1.165, 1.54) is 5.56 Å². The van der Waals surface area contributed by atoms with Crippen molar-refractivity contribution in [2.75, 3.05) is 23.1 Å². The van der Waals surface area contributed by atoms with Crippen molar-refractivity contribution in [2.45, 2.75) is 18.7 Å². The highest BCUT2D eigenvalue weighted by Gasteiger charge is 2.34. The third-order valence-corrected chi connectivity index (χ3v) is 6.49. The highest BCUT2D eigenvalue weighted by Crippen LogP contribution is 2.42. The van der Waals surface area contributed by atoms with Crippen LogP contribution in [0.5, 0.6) is 5.75 Å². The van der Waals surface area contributed by atoms with Gasteiger partial charge in [-0.1, -0.05) is 37.3 Å². The van der Waals surface area contributed by atoms with Crippen molar-refractivity contribution in [1.82, 2.24) is 0 Å². The molecule has 1 saturated heterocycles. The van der Waals surface area contributed by atoms with E-state index < -0.39 is 0 Å². The monoisotopic (exact) mass is 432 g/mol. The normalized spacial score (nSPS) is 15.7. The van der Waals surface area contributed by atoms with Crippen LogP contribution in [0.25, 0.3) is 0 Å². The van der Waals surface area contributed by atoms with Crippen molar-refractivity contribution in [3.05, 3.63) is 89.5 Å². The SMILES string of the molecule is CCc1ccc(C(=O)Nc2ccc(C3SCC(=O)N3c3cccc(OC)c3)cc2)cc1. The Kier molecular flexibility index (Phi) is 6.28. The molecule has 0 spiro atoms. The average Bonchev–Trinajstić information content (AvgIpc) is 3.21. The number of rotatable bonds is 6. The molecule has 1 unspecified atom stereocenters. The van der Waals surface area contributed by atoms with Crippen LogP contribution in [-0.4, -0.2) is 24.7 Å². The number of carbonyl (C=O) groups is 2. The van der Waals surface area contributed by atoms with Crippen LogP contribution in [0, 0.1) is 0 Å². The third-order valence-electron chi connectivity index (χ3n) is 5.28. The number of carbonyl (C=O) groups excluding carboxylic acids is 2. The quantitative estimate of drug-likeness (QED) is 0.575. The Bertz CT molecular complexity index is 1080. The number of aryl methyl sites for hydroxylation is 1. The van der Waals surface area contributed by atoms with E-state index in [-0.39, 0.29) is 17.2 Å². The lowest BCUT2D eigenvalue weighted by molar-refractivity contribution is -0.115. The largest absolute Gasteiger partial charge is 0.497 e. The number of hydrogen-bond donors (Lipinski definition) is 1. The van der Waals surface area contributed by atoms with Gasteiger partial charge in [0.2, 0.25) is 5.91 Å². The van der Waals surface area contributed by atoms with E-state index in [4.69, 9.17) is 4.74 Å². The smallest absolute Gasteiger partial charge is 0.255 e. The van der Waals surface area contributed by atoms with Gasteiger partial charge in [0, 0.05) is 23.0 Å². The zero-order valence-corrected chi connectivity index (χ0v) is 18.3. The standard InChI is InChI=1S/C25H24N2O3S/c1-3-17-7-9-18(10-8-17)24(29)26-20-13-11-19(12-14-20)25-27(23(28)16-31-25)21-5-4-6-22(15-21)30-2/h4-15,25H,3,16H2,1-2H3,(H,26,29). The zero-order chi connectivity index (χ0) is 21.8. The number of ether oxygens (including phenoxy) is 1. The molecule has 3 aromatic rings. The molecule has 1 aliphatic heterocycles. The summed E-state index contributed by atoms with van der Waals surface area (Å²) < 4.78 is 5.31. The van der Waals surface area contributed by atoms with E-state index in [2.05, 4.69) is 12.2 Å².